The van der Waals surface area contributed by atoms with Gasteiger partial charge in [-0.15, -0.1) is 21.5 Å². The molecule has 0 aromatic carbocycles. The molecule has 0 radical (unpaired) electrons. The van der Waals surface area contributed by atoms with Crippen LogP contribution in [0.4, 0.5) is 0 Å². The first kappa shape index (κ1) is 8.64. The van der Waals surface area contributed by atoms with Gasteiger partial charge in [-0.3, -0.25) is 0 Å². The van der Waals surface area contributed by atoms with Crippen LogP contribution in [0.15, 0.2) is 5.51 Å². The first-order valence-corrected chi connectivity index (χ1v) is 5.33. The lowest BCUT2D eigenvalue weighted by atomic mass is 9.88. The molecule has 13 heavy (non-hydrogen) atoms. The molecular weight excluding hydrogens is 182 g/mol. The molecule has 0 spiro atoms. The van der Waals surface area contributed by atoms with Crippen LogP contribution in [0.2, 0.25) is 0 Å². The largest absolute Gasteiger partial charge is 0.197 e. The Morgan fingerprint density at radius 3 is 3.08 bits per heavy atom. The highest BCUT2D eigenvalue weighted by molar-refractivity contribution is 7.09. The molecule has 4 heteroatoms. The maximum Gasteiger partial charge on any atom is 0.137 e. The van der Waals surface area contributed by atoms with E-state index in [2.05, 4.69) is 23.2 Å². The molecular formula is C9H11N3S. The van der Waals surface area contributed by atoms with Gasteiger partial charge in [0.15, 0.2) is 0 Å². The van der Waals surface area contributed by atoms with Gasteiger partial charge in [0.2, 0.25) is 0 Å². The standard InChI is InChI=1S/C9H11N3S/c1-7-2-3-9(4-7,5-10)8-12-11-6-13-8/h6-7H,2-4H2,1H3. The van der Waals surface area contributed by atoms with Crippen LogP contribution in [-0.2, 0) is 5.41 Å². The summed E-state index contributed by atoms with van der Waals surface area (Å²) in [5.74, 6) is 0.642. The van der Waals surface area contributed by atoms with Crippen molar-refractivity contribution in [2.24, 2.45) is 5.92 Å². The van der Waals surface area contributed by atoms with Gasteiger partial charge in [0.1, 0.15) is 15.9 Å². The van der Waals surface area contributed by atoms with Gasteiger partial charge in [-0.1, -0.05) is 6.92 Å². The van der Waals surface area contributed by atoms with Gasteiger partial charge in [-0.2, -0.15) is 5.26 Å². The van der Waals surface area contributed by atoms with Crippen LogP contribution >= 0.6 is 11.3 Å². The van der Waals surface area contributed by atoms with Gasteiger partial charge in [0.05, 0.1) is 6.07 Å². The fourth-order valence-corrected chi connectivity index (χ4v) is 2.76. The Morgan fingerprint density at radius 1 is 1.77 bits per heavy atom. The third-order valence-electron chi connectivity index (χ3n) is 2.74. The maximum atomic E-state index is 9.20. The van der Waals surface area contributed by atoms with Gasteiger partial charge in [-0.25, -0.2) is 0 Å². The van der Waals surface area contributed by atoms with E-state index < -0.39 is 0 Å². The van der Waals surface area contributed by atoms with Crippen LogP contribution in [0.1, 0.15) is 31.2 Å². The number of hydrogen-bond donors (Lipinski definition) is 0. The molecule has 1 heterocycles. The zero-order chi connectivity index (χ0) is 9.31. The van der Waals surface area contributed by atoms with Crippen molar-refractivity contribution in [2.45, 2.75) is 31.6 Å². The van der Waals surface area contributed by atoms with E-state index in [1.807, 2.05) is 0 Å². The Morgan fingerprint density at radius 2 is 2.62 bits per heavy atom. The van der Waals surface area contributed by atoms with Gasteiger partial charge in [0.25, 0.3) is 0 Å². The Bertz CT molecular complexity index is 327. The highest BCUT2D eigenvalue weighted by Gasteiger charge is 2.41. The molecule has 1 fully saturated rings. The normalized spacial score (nSPS) is 33.1. The molecule has 0 bridgehead atoms. The summed E-state index contributed by atoms with van der Waals surface area (Å²) in [7, 11) is 0. The van der Waals surface area contributed by atoms with E-state index in [1.54, 1.807) is 5.51 Å². The number of nitrogens with zero attached hydrogens (tertiary/aromatic N) is 3. The summed E-state index contributed by atoms with van der Waals surface area (Å²) in [4.78, 5) is 0. The summed E-state index contributed by atoms with van der Waals surface area (Å²) in [5, 5.41) is 17.9. The molecule has 3 nitrogen and oxygen atoms in total. The van der Waals surface area contributed by atoms with E-state index in [0.717, 1.165) is 24.3 Å². The third-order valence-corrected chi connectivity index (χ3v) is 3.64. The van der Waals surface area contributed by atoms with E-state index in [9.17, 15) is 5.26 Å². The van der Waals surface area contributed by atoms with Crippen LogP contribution in [0, 0.1) is 17.2 Å². The molecule has 2 atom stereocenters. The predicted molar refractivity (Wildman–Crippen MR) is 50.2 cm³/mol. The zero-order valence-corrected chi connectivity index (χ0v) is 8.34. The lowest BCUT2D eigenvalue weighted by Crippen LogP contribution is -2.19. The second-order valence-electron chi connectivity index (χ2n) is 3.79. The molecule has 1 saturated carbocycles. The Hall–Kier alpha value is -0.950. The van der Waals surface area contributed by atoms with E-state index >= 15 is 0 Å². The molecule has 0 aliphatic heterocycles. The lowest BCUT2D eigenvalue weighted by Gasteiger charge is -2.15. The maximum absolute atomic E-state index is 9.20. The first-order valence-electron chi connectivity index (χ1n) is 4.45. The van der Waals surface area contributed by atoms with Crippen LogP contribution in [-0.4, -0.2) is 10.2 Å². The average Bonchev–Trinajstić information content (AvgIpc) is 2.73. The van der Waals surface area contributed by atoms with E-state index in [1.165, 1.54) is 11.3 Å². The van der Waals surface area contributed by atoms with Crippen LogP contribution in [0.25, 0.3) is 0 Å². The van der Waals surface area contributed by atoms with Gasteiger partial charge < -0.3 is 0 Å². The minimum atomic E-state index is -0.319. The molecule has 0 amide bonds. The Kier molecular flexibility index (Phi) is 2.04. The number of aromatic nitrogens is 2. The second kappa shape index (κ2) is 3.08. The van der Waals surface area contributed by atoms with E-state index in [4.69, 9.17) is 0 Å². The molecule has 68 valence electrons. The molecule has 2 rings (SSSR count). The highest BCUT2D eigenvalue weighted by Crippen LogP contribution is 2.43. The minimum Gasteiger partial charge on any atom is -0.197 e. The van der Waals surface area contributed by atoms with Gasteiger partial charge in [-0.05, 0) is 25.2 Å². The summed E-state index contributed by atoms with van der Waals surface area (Å²) in [6.07, 6.45) is 3.02. The number of rotatable bonds is 1. The summed E-state index contributed by atoms with van der Waals surface area (Å²) in [6, 6.07) is 2.42. The van der Waals surface area contributed by atoms with E-state index in [-0.39, 0.29) is 5.41 Å². The molecule has 2 unspecified atom stereocenters. The van der Waals surface area contributed by atoms with Gasteiger partial charge >= 0.3 is 0 Å². The second-order valence-corrected chi connectivity index (χ2v) is 4.62. The molecule has 1 aliphatic rings. The zero-order valence-electron chi connectivity index (χ0n) is 7.53. The molecule has 1 aliphatic carbocycles. The van der Waals surface area contributed by atoms with Crippen molar-refractivity contribution in [1.82, 2.24) is 10.2 Å². The molecule has 0 N–H and O–H groups in total. The van der Waals surface area contributed by atoms with Crippen molar-refractivity contribution in [3.8, 4) is 6.07 Å². The minimum absolute atomic E-state index is 0.319. The SMILES string of the molecule is CC1CCC(C#N)(c2nncs2)C1. The smallest absolute Gasteiger partial charge is 0.137 e. The molecule has 1 aromatic rings. The van der Waals surface area contributed by atoms with E-state index in [0.29, 0.717) is 5.92 Å². The third kappa shape index (κ3) is 1.33. The average molecular weight is 193 g/mol. The summed E-state index contributed by atoms with van der Waals surface area (Å²) >= 11 is 1.50. The van der Waals surface area contributed by atoms with Crippen molar-refractivity contribution in [3.05, 3.63) is 10.5 Å². The van der Waals surface area contributed by atoms with Crippen LogP contribution < -0.4 is 0 Å². The fourth-order valence-electron chi connectivity index (χ4n) is 2.02. The van der Waals surface area contributed by atoms with Crippen molar-refractivity contribution in [1.29, 1.82) is 5.26 Å². The van der Waals surface area contributed by atoms with Crippen molar-refractivity contribution in [2.75, 3.05) is 0 Å². The Balaban J connectivity index is 2.33. The summed E-state index contributed by atoms with van der Waals surface area (Å²) in [5.41, 5.74) is 1.39. The van der Waals surface area contributed by atoms with Crippen molar-refractivity contribution in [3.63, 3.8) is 0 Å². The topological polar surface area (TPSA) is 49.6 Å². The number of hydrogen-bond acceptors (Lipinski definition) is 4. The predicted octanol–water partition coefficient (Wildman–Crippen LogP) is 2.12. The number of nitriles is 1. The summed E-state index contributed by atoms with van der Waals surface area (Å²) < 4.78 is 0. The van der Waals surface area contributed by atoms with Crippen molar-refractivity contribution >= 4 is 11.3 Å². The monoisotopic (exact) mass is 193 g/mol. The first-order chi connectivity index (χ1) is 6.27. The summed E-state index contributed by atoms with van der Waals surface area (Å²) in [6.45, 7) is 2.19. The van der Waals surface area contributed by atoms with Crippen LogP contribution in [0.5, 0.6) is 0 Å². The lowest BCUT2D eigenvalue weighted by molar-refractivity contribution is 0.525. The quantitative estimate of drug-likeness (QED) is 0.686. The Labute approximate surface area is 81.4 Å². The molecule has 0 saturated heterocycles. The fraction of sp³-hybridized carbons (Fsp3) is 0.667. The van der Waals surface area contributed by atoms with Crippen LogP contribution in [0.3, 0.4) is 0 Å². The molecule has 1 aromatic heterocycles. The van der Waals surface area contributed by atoms with Gasteiger partial charge in [0, 0.05) is 0 Å². The van der Waals surface area contributed by atoms with Crippen molar-refractivity contribution < 1.29 is 0 Å². The highest BCUT2D eigenvalue weighted by atomic mass is 32.1.